The first-order chi connectivity index (χ1) is 20.3. The number of rotatable bonds is 9. The van der Waals surface area contributed by atoms with Crippen molar-refractivity contribution in [1.29, 1.82) is 0 Å². The number of carbonyl (C=O) groups excluding carboxylic acids is 1. The fourth-order valence-electron chi connectivity index (χ4n) is 4.86. The molecule has 0 radical (unpaired) electrons. The van der Waals surface area contributed by atoms with Crippen LogP contribution in [0, 0.1) is 0 Å². The lowest BCUT2D eigenvalue weighted by molar-refractivity contribution is -0.138. The molecule has 3 aromatic carbocycles. The van der Waals surface area contributed by atoms with Crippen molar-refractivity contribution in [3.63, 3.8) is 0 Å². The number of halogens is 2. The molecule has 0 saturated carbocycles. The quantitative estimate of drug-likeness (QED) is 0.189. The van der Waals surface area contributed by atoms with E-state index in [1.54, 1.807) is 13.0 Å². The molecule has 1 N–H and O–H groups in total. The summed E-state index contributed by atoms with van der Waals surface area (Å²) in [5.74, 6) is -0.0482. The maximum atomic E-state index is 12.9. The van der Waals surface area contributed by atoms with Crippen LogP contribution in [0.2, 0.25) is 10.0 Å². The van der Waals surface area contributed by atoms with Gasteiger partial charge in [0, 0.05) is 33.7 Å². The molecule has 1 aromatic heterocycles. The van der Waals surface area contributed by atoms with Crippen molar-refractivity contribution in [3.05, 3.63) is 110 Å². The first-order valence-electron chi connectivity index (χ1n) is 13.7. The van der Waals surface area contributed by atoms with Crippen molar-refractivity contribution in [2.75, 3.05) is 13.2 Å². The van der Waals surface area contributed by atoms with Gasteiger partial charge in [0.15, 0.2) is 0 Å². The Kier molecular flexibility index (Phi) is 9.31. The molecule has 0 aliphatic carbocycles. The molecule has 0 spiro atoms. The third kappa shape index (κ3) is 6.24. The molecule has 42 heavy (non-hydrogen) atoms. The van der Waals surface area contributed by atoms with Gasteiger partial charge in [-0.05, 0) is 73.9 Å². The lowest BCUT2D eigenvalue weighted by Crippen LogP contribution is -2.12. The van der Waals surface area contributed by atoms with E-state index in [1.807, 2.05) is 61.7 Å². The third-order valence-corrected chi connectivity index (χ3v) is 8.39. The number of nitrogens with zero attached hydrogens (tertiary/aromatic N) is 2. The zero-order valence-electron chi connectivity index (χ0n) is 23.5. The molecule has 9 heteroatoms. The highest BCUT2D eigenvalue weighted by Crippen LogP contribution is 2.41. The lowest BCUT2D eigenvalue weighted by Gasteiger charge is -2.10. The van der Waals surface area contributed by atoms with Crippen molar-refractivity contribution < 1.29 is 19.4 Å². The highest BCUT2D eigenvalue weighted by atomic mass is 35.5. The minimum absolute atomic E-state index is 0.0490. The first kappa shape index (κ1) is 29.8. The fourth-order valence-corrected chi connectivity index (χ4v) is 6.35. The third-order valence-electron chi connectivity index (χ3n) is 6.78. The highest BCUT2D eigenvalue weighted by Gasteiger charge is 2.33. The van der Waals surface area contributed by atoms with Crippen LogP contribution in [0.1, 0.15) is 37.5 Å². The summed E-state index contributed by atoms with van der Waals surface area (Å²) in [6, 6.07) is 19.0. The molecule has 1 aliphatic rings. The Morgan fingerprint density at radius 3 is 2.50 bits per heavy atom. The number of esters is 1. The normalized spacial score (nSPS) is 15.3. The van der Waals surface area contributed by atoms with E-state index in [0.29, 0.717) is 38.8 Å². The zero-order chi connectivity index (χ0) is 29.8. The van der Waals surface area contributed by atoms with Crippen LogP contribution in [0.5, 0.6) is 5.75 Å². The SMILES string of the molecule is CCOC(=O)C1=C(O)/C(=C/c2cn(Cc3ccc(Cl)cc3Cl)c3c(CC)cccc23)SC1=Nc1ccc(OCC)cc1. The summed E-state index contributed by atoms with van der Waals surface area (Å²) in [5.41, 5.74) is 4.78. The number of benzene rings is 3. The number of thioether (sulfide) groups is 1. The highest BCUT2D eigenvalue weighted by molar-refractivity contribution is 8.18. The molecular weight excluding hydrogens is 591 g/mol. The van der Waals surface area contributed by atoms with Crippen LogP contribution >= 0.6 is 35.0 Å². The molecule has 4 aromatic rings. The number of aryl methyl sites for hydroxylation is 1. The Hall–Kier alpha value is -3.65. The zero-order valence-corrected chi connectivity index (χ0v) is 25.8. The topological polar surface area (TPSA) is 73.0 Å². The molecule has 2 heterocycles. The Morgan fingerprint density at radius 2 is 1.81 bits per heavy atom. The summed E-state index contributed by atoms with van der Waals surface area (Å²) in [5, 5.41) is 13.9. The van der Waals surface area contributed by atoms with E-state index in [2.05, 4.69) is 28.6 Å². The van der Waals surface area contributed by atoms with Gasteiger partial charge in [0.25, 0.3) is 0 Å². The number of hydrogen-bond donors (Lipinski definition) is 1. The summed E-state index contributed by atoms with van der Waals surface area (Å²) < 4.78 is 13.0. The van der Waals surface area contributed by atoms with Gasteiger partial charge in [-0.1, -0.05) is 66.2 Å². The number of aliphatic hydroxyl groups is 1. The number of ether oxygens (including phenoxy) is 2. The Labute approximate surface area is 259 Å². The molecular formula is C33H30Cl2N2O4S. The molecule has 0 amide bonds. The number of aliphatic imine (C=N–C) groups is 1. The average Bonchev–Trinajstić information content (AvgIpc) is 3.48. The van der Waals surface area contributed by atoms with Crippen LogP contribution < -0.4 is 4.74 Å². The van der Waals surface area contributed by atoms with Crippen molar-refractivity contribution in [2.24, 2.45) is 4.99 Å². The Bertz CT molecular complexity index is 1740. The molecule has 0 atom stereocenters. The van der Waals surface area contributed by atoms with Crippen LogP contribution in [0.3, 0.4) is 0 Å². The molecule has 0 bridgehead atoms. The summed E-state index contributed by atoms with van der Waals surface area (Å²) >= 11 is 13.9. The minimum Gasteiger partial charge on any atom is -0.506 e. The Morgan fingerprint density at radius 1 is 1.02 bits per heavy atom. The molecule has 6 nitrogen and oxygen atoms in total. The smallest absolute Gasteiger partial charge is 0.344 e. The van der Waals surface area contributed by atoms with E-state index in [4.69, 9.17) is 32.7 Å². The first-order valence-corrected chi connectivity index (χ1v) is 15.3. The standard InChI is InChI=1S/C33H30Cl2N2O4S/c1-4-20-8-7-9-26-22(19-37(30(20)26)18-21-10-11-23(34)17-27(21)35)16-28-31(38)29(33(39)41-6-3)32(42-28)36-24-12-14-25(15-13-24)40-5-2/h7-17,19,38H,4-6,18H2,1-3H3/b28-16-,36-32?. The van der Waals surface area contributed by atoms with E-state index >= 15 is 0 Å². The lowest BCUT2D eigenvalue weighted by atomic mass is 10.1. The van der Waals surface area contributed by atoms with E-state index in [-0.39, 0.29) is 17.9 Å². The number of fused-ring (bicyclic) bond motifs is 1. The van der Waals surface area contributed by atoms with Gasteiger partial charge >= 0.3 is 5.97 Å². The van der Waals surface area contributed by atoms with E-state index in [1.165, 1.54) is 17.3 Å². The van der Waals surface area contributed by atoms with Gasteiger partial charge in [0.1, 0.15) is 22.1 Å². The molecule has 1 aliphatic heterocycles. The summed E-state index contributed by atoms with van der Waals surface area (Å²) in [4.78, 5) is 18.1. The van der Waals surface area contributed by atoms with Crippen molar-refractivity contribution in [2.45, 2.75) is 33.7 Å². The van der Waals surface area contributed by atoms with E-state index in [0.717, 1.165) is 34.2 Å². The predicted octanol–water partition coefficient (Wildman–Crippen LogP) is 9.15. The molecule has 0 saturated heterocycles. The van der Waals surface area contributed by atoms with Gasteiger partial charge in [-0.25, -0.2) is 9.79 Å². The van der Waals surface area contributed by atoms with Crippen LogP contribution in [0.15, 0.2) is 88.1 Å². The van der Waals surface area contributed by atoms with Gasteiger partial charge in [0.2, 0.25) is 0 Å². The number of hydrogen-bond acceptors (Lipinski definition) is 6. The van der Waals surface area contributed by atoms with Crippen molar-refractivity contribution >= 4 is 68.6 Å². The second kappa shape index (κ2) is 13.1. The van der Waals surface area contributed by atoms with Gasteiger partial charge in [-0.3, -0.25) is 0 Å². The summed E-state index contributed by atoms with van der Waals surface area (Å²) in [6.07, 6.45) is 4.78. The monoisotopic (exact) mass is 620 g/mol. The van der Waals surface area contributed by atoms with Crippen LogP contribution in [-0.2, 0) is 22.5 Å². The van der Waals surface area contributed by atoms with Gasteiger partial charge in [-0.15, -0.1) is 0 Å². The maximum Gasteiger partial charge on any atom is 0.344 e. The maximum absolute atomic E-state index is 12.9. The fraction of sp³-hybridized carbons (Fsp3) is 0.212. The van der Waals surface area contributed by atoms with Gasteiger partial charge < -0.3 is 19.1 Å². The van der Waals surface area contributed by atoms with Crippen molar-refractivity contribution in [3.8, 4) is 5.75 Å². The second-order valence-electron chi connectivity index (χ2n) is 9.51. The van der Waals surface area contributed by atoms with E-state index in [9.17, 15) is 9.90 Å². The second-order valence-corrected chi connectivity index (χ2v) is 11.4. The predicted molar refractivity (Wildman–Crippen MR) is 173 cm³/mol. The van der Waals surface area contributed by atoms with Crippen LogP contribution in [0.25, 0.3) is 17.0 Å². The van der Waals surface area contributed by atoms with Crippen LogP contribution in [0.4, 0.5) is 5.69 Å². The van der Waals surface area contributed by atoms with Crippen LogP contribution in [-0.4, -0.2) is 33.9 Å². The summed E-state index contributed by atoms with van der Waals surface area (Å²) in [7, 11) is 0. The summed E-state index contributed by atoms with van der Waals surface area (Å²) in [6.45, 7) is 7.05. The van der Waals surface area contributed by atoms with Gasteiger partial charge in [-0.2, -0.15) is 0 Å². The van der Waals surface area contributed by atoms with Crippen molar-refractivity contribution in [1.82, 2.24) is 4.57 Å². The number of para-hydroxylation sites is 1. The molecule has 0 fully saturated rings. The van der Waals surface area contributed by atoms with Gasteiger partial charge in [0.05, 0.1) is 29.3 Å². The molecule has 216 valence electrons. The number of aromatic nitrogens is 1. The molecule has 5 rings (SSSR count). The molecule has 0 unspecified atom stereocenters. The largest absolute Gasteiger partial charge is 0.506 e. The Balaban J connectivity index is 1.59. The average molecular weight is 622 g/mol. The number of carbonyl (C=O) groups is 1. The van der Waals surface area contributed by atoms with E-state index < -0.39 is 5.97 Å². The minimum atomic E-state index is -0.622. The number of aliphatic hydroxyl groups excluding tert-OH is 1.